The van der Waals surface area contributed by atoms with Gasteiger partial charge in [-0.25, -0.2) is 9.69 Å². The Morgan fingerprint density at radius 2 is 1.22 bits per heavy atom. The zero-order chi connectivity index (χ0) is 21.8. The van der Waals surface area contributed by atoms with Crippen LogP contribution in [0, 0.1) is 0 Å². The summed E-state index contributed by atoms with van der Waals surface area (Å²) in [6.07, 6.45) is -0.462. The summed E-state index contributed by atoms with van der Waals surface area (Å²) in [5.74, 6) is 0.534. The summed E-state index contributed by atoms with van der Waals surface area (Å²) in [5, 5.41) is 1.92. The summed E-state index contributed by atoms with van der Waals surface area (Å²) >= 11 is 0. The van der Waals surface area contributed by atoms with Gasteiger partial charge in [0.2, 0.25) is 0 Å². The molecule has 0 spiro atoms. The van der Waals surface area contributed by atoms with Crippen molar-refractivity contribution >= 4 is 28.2 Å². The molecule has 0 fully saturated rings. The maximum absolute atomic E-state index is 13.6. The van der Waals surface area contributed by atoms with E-state index < -0.39 is 6.09 Å². The molecule has 0 bridgehead atoms. The van der Waals surface area contributed by atoms with Crippen molar-refractivity contribution in [2.75, 3.05) is 4.90 Å². The lowest BCUT2D eigenvalue weighted by Crippen LogP contribution is -2.29. The first-order valence-corrected chi connectivity index (χ1v) is 10.5. The van der Waals surface area contributed by atoms with Crippen molar-refractivity contribution in [1.29, 1.82) is 0 Å². The molecule has 5 aromatic rings. The number of benzene rings is 5. The van der Waals surface area contributed by atoms with Crippen LogP contribution in [0.15, 0.2) is 127 Å². The molecule has 0 aliphatic heterocycles. The first-order chi connectivity index (χ1) is 15.8. The highest BCUT2D eigenvalue weighted by atomic mass is 16.6. The molecule has 0 saturated heterocycles. The average molecular weight is 415 g/mol. The maximum Gasteiger partial charge on any atom is 0.424 e. The normalized spacial score (nSPS) is 10.6. The van der Waals surface area contributed by atoms with E-state index in [1.165, 1.54) is 0 Å². The number of ether oxygens (including phenoxy) is 1. The summed E-state index contributed by atoms with van der Waals surface area (Å²) in [6, 6.07) is 41.1. The van der Waals surface area contributed by atoms with Crippen molar-refractivity contribution in [2.24, 2.45) is 0 Å². The van der Waals surface area contributed by atoms with Gasteiger partial charge in [0.05, 0.1) is 11.4 Å². The van der Waals surface area contributed by atoms with Crippen LogP contribution in [0.5, 0.6) is 5.75 Å². The van der Waals surface area contributed by atoms with Crippen molar-refractivity contribution < 1.29 is 9.53 Å². The predicted octanol–water partition coefficient (Wildman–Crippen LogP) is 7.84. The number of nitrogens with zero attached hydrogens (tertiary/aromatic N) is 1. The third-order valence-corrected chi connectivity index (χ3v) is 5.37. The smallest absolute Gasteiger partial charge is 0.409 e. The number of fused-ring (bicyclic) bond motifs is 1. The van der Waals surface area contributed by atoms with Gasteiger partial charge in [-0.15, -0.1) is 0 Å². The molecule has 0 radical (unpaired) electrons. The number of amides is 1. The molecule has 154 valence electrons. The first kappa shape index (κ1) is 19.6. The van der Waals surface area contributed by atoms with E-state index in [-0.39, 0.29) is 0 Å². The van der Waals surface area contributed by atoms with Crippen molar-refractivity contribution in [3.63, 3.8) is 0 Å². The summed E-state index contributed by atoms with van der Waals surface area (Å²) in [4.78, 5) is 15.3. The number of hydrogen-bond donors (Lipinski definition) is 0. The van der Waals surface area contributed by atoms with Gasteiger partial charge in [-0.05, 0) is 35.2 Å². The molecule has 0 heterocycles. The minimum absolute atomic E-state index is 0.462. The quantitative estimate of drug-likeness (QED) is 0.299. The molecule has 0 aromatic heterocycles. The molecule has 0 unspecified atom stereocenters. The third-order valence-electron chi connectivity index (χ3n) is 5.37. The summed E-state index contributed by atoms with van der Waals surface area (Å²) in [7, 11) is 0. The van der Waals surface area contributed by atoms with E-state index in [1.807, 2.05) is 127 Å². The fourth-order valence-corrected chi connectivity index (χ4v) is 3.87. The Balaban J connectivity index is 1.61. The first-order valence-electron chi connectivity index (χ1n) is 10.5. The van der Waals surface area contributed by atoms with Crippen LogP contribution in [0.4, 0.5) is 16.2 Å². The molecule has 0 saturated carbocycles. The van der Waals surface area contributed by atoms with E-state index >= 15 is 0 Å². The van der Waals surface area contributed by atoms with Crippen LogP contribution in [0.25, 0.3) is 21.9 Å². The fraction of sp³-hybridized carbons (Fsp3) is 0. The number of anilines is 2. The Bertz CT molecular complexity index is 1360. The predicted molar refractivity (Wildman–Crippen MR) is 130 cm³/mol. The van der Waals surface area contributed by atoms with Crippen molar-refractivity contribution in [3.8, 4) is 16.9 Å². The van der Waals surface area contributed by atoms with Gasteiger partial charge in [-0.2, -0.15) is 0 Å². The second-order valence-corrected chi connectivity index (χ2v) is 7.40. The van der Waals surface area contributed by atoms with Gasteiger partial charge in [-0.1, -0.05) is 103 Å². The zero-order valence-corrected chi connectivity index (χ0v) is 17.4. The Morgan fingerprint density at radius 3 is 2.03 bits per heavy atom. The topological polar surface area (TPSA) is 29.5 Å². The minimum Gasteiger partial charge on any atom is -0.409 e. The van der Waals surface area contributed by atoms with Crippen LogP contribution in [-0.4, -0.2) is 6.09 Å². The molecular formula is C29H21NO2. The zero-order valence-electron chi connectivity index (χ0n) is 17.4. The third kappa shape index (κ3) is 3.84. The molecule has 3 nitrogen and oxygen atoms in total. The van der Waals surface area contributed by atoms with Gasteiger partial charge in [0.1, 0.15) is 5.75 Å². The fourth-order valence-electron chi connectivity index (χ4n) is 3.87. The molecule has 1 amide bonds. The van der Waals surface area contributed by atoms with Gasteiger partial charge in [-0.3, -0.25) is 0 Å². The van der Waals surface area contributed by atoms with Gasteiger partial charge in [0.25, 0.3) is 0 Å². The molecule has 5 rings (SSSR count). The van der Waals surface area contributed by atoms with Crippen molar-refractivity contribution in [3.05, 3.63) is 127 Å². The Kier molecular flexibility index (Phi) is 5.38. The van der Waals surface area contributed by atoms with E-state index in [9.17, 15) is 4.79 Å². The van der Waals surface area contributed by atoms with Crippen LogP contribution in [-0.2, 0) is 0 Å². The van der Waals surface area contributed by atoms with Crippen LogP contribution in [0.3, 0.4) is 0 Å². The van der Waals surface area contributed by atoms with E-state index in [1.54, 1.807) is 4.90 Å². The molecule has 5 aromatic carbocycles. The van der Waals surface area contributed by atoms with Crippen LogP contribution >= 0.6 is 0 Å². The minimum atomic E-state index is -0.462. The largest absolute Gasteiger partial charge is 0.424 e. The summed E-state index contributed by atoms with van der Waals surface area (Å²) in [5.41, 5.74) is 3.48. The summed E-state index contributed by atoms with van der Waals surface area (Å²) < 4.78 is 5.98. The van der Waals surface area contributed by atoms with Crippen molar-refractivity contribution in [2.45, 2.75) is 0 Å². The second kappa shape index (κ2) is 8.78. The number of rotatable bonds is 4. The van der Waals surface area contributed by atoms with Gasteiger partial charge >= 0.3 is 6.09 Å². The van der Waals surface area contributed by atoms with E-state index in [2.05, 4.69) is 0 Å². The molecule has 3 heteroatoms. The molecular weight excluding hydrogens is 394 g/mol. The van der Waals surface area contributed by atoms with Gasteiger partial charge < -0.3 is 4.74 Å². The molecule has 0 aliphatic carbocycles. The highest BCUT2D eigenvalue weighted by Crippen LogP contribution is 2.36. The number of para-hydroxylation sites is 2. The Morgan fingerprint density at radius 1 is 0.594 bits per heavy atom. The lowest BCUT2D eigenvalue weighted by Gasteiger charge is -2.25. The lowest BCUT2D eigenvalue weighted by atomic mass is 10.0. The molecule has 0 aliphatic rings. The maximum atomic E-state index is 13.6. The average Bonchev–Trinajstić information content (AvgIpc) is 2.86. The van der Waals surface area contributed by atoms with E-state index in [0.717, 1.165) is 33.3 Å². The van der Waals surface area contributed by atoms with Crippen molar-refractivity contribution in [1.82, 2.24) is 0 Å². The van der Waals surface area contributed by atoms with Gasteiger partial charge in [0.15, 0.2) is 0 Å². The highest BCUT2D eigenvalue weighted by molar-refractivity contribution is 6.02. The number of carbonyl (C=O) groups is 1. The van der Waals surface area contributed by atoms with E-state index in [4.69, 9.17) is 4.74 Å². The SMILES string of the molecule is O=C(Oc1cccc2ccccc12)N(c1ccccc1)c1ccccc1-c1ccccc1. The lowest BCUT2D eigenvalue weighted by molar-refractivity contribution is 0.211. The summed E-state index contributed by atoms with van der Waals surface area (Å²) in [6.45, 7) is 0. The number of carbonyl (C=O) groups excluding carboxylic acids is 1. The standard InChI is InChI=1S/C29H21NO2/c31-29(32-28-21-11-15-23-14-7-8-19-26(23)28)30(24-16-5-2-6-17-24)27-20-10-9-18-25(27)22-12-3-1-4-13-22/h1-21H. The monoisotopic (exact) mass is 415 g/mol. The number of hydrogen-bond acceptors (Lipinski definition) is 2. The Hall–Kier alpha value is -4.37. The van der Waals surface area contributed by atoms with Crippen LogP contribution in [0.2, 0.25) is 0 Å². The second-order valence-electron chi connectivity index (χ2n) is 7.40. The Labute approximate surface area is 187 Å². The van der Waals surface area contributed by atoms with Crippen LogP contribution in [0.1, 0.15) is 0 Å². The molecule has 32 heavy (non-hydrogen) atoms. The van der Waals surface area contributed by atoms with Crippen LogP contribution < -0.4 is 9.64 Å². The molecule has 0 N–H and O–H groups in total. The highest BCUT2D eigenvalue weighted by Gasteiger charge is 2.23. The molecule has 0 atom stereocenters. The van der Waals surface area contributed by atoms with E-state index in [0.29, 0.717) is 5.75 Å². The van der Waals surface area contributed by atoms with Gasteiger partial charge in [0, 0.05) is 10.9 Å².